The zero-order chi connectivity index (χ0) is 17.4. The van der Waals surface area contributed by atoms with Crippen LogP contribution < -0.4 is 14.9 Å². The number of halogens is 1. The van der Waals surface area contributed by atoms with Crippen LogP contribution in [-0.4, -0.2) is 24.4 Å². The molecule has 2 aromatic carbocycles. The van der Waals surface area contributed by atoms with E-state index in [1.165, 1.54) is 13.3 Å². The number of carboxylic acids is 1. The maximum atomic E-state index is 11.3. The van der Waals surface area contributed by atoms with Crippen LogP contribution in [0.3, 0.4) is 0 Å². The Bertz CT molecular complexity index is 743. The van der Waals surface area contributed by atoms with Gasteiger partial charge in [0.1, 0.15) is 16.5 Å². The lowest BCUT2D eigenvalue weighted by Gasteiger charge is -2.08. The van der Waals surface area contributed by atoms with Gasteiger partial charge in [-0.15, -0.1) is 0 Å². The summed E-state index contributed by atoms with van der Waals surface area (Å²) in [4.78, 5) is 11.3. The van der Waals surface area contributed by atoms with Gasteiger partial charge in [0.15, 0.2) is 0 Å². The van der Waals surface area contributed by atoms with Gasteiger partial charge in [-0.1, -0.05) is 29.8 Å². The van der Waals surface area contributed by atoms with E-state index in [2.05, 4.69) is 10.5 Å². The van der Waals surface area contributed by atoms with Gasteiger partial charge in [-0.3, -0.25) is 5.43 Å². The zero-order valence-electron chi connectivity index (χ0n) is 12.8. The van der Waals surface area contributed by atoms with E-state index >= 15 is 0 Å². The molecule has 0 aliphatic carbocycles. The number of aliphatic carboxylic acids is 1. The molecule has 0 radical (unpaired) electrons. The third-order valence-electron chi connectivity index (χ3n) is 2.84. The summed E-state index contributed by atoms with van der Waals surface area (Å²) in [7, 11) is 1.53. The fourth-order valence-electron chi connectivity index (χ4n) is 1.69. The van der Waals surface area contributed by atoms with Crippen molar-refractivity contribution in [1.29, 1.82) is 0 Å². The number of hydrogen-bond donors (Lipinski definition) is 2. The summed E-state index contributed by atoms with van der Waals surface area (Å²) < 4.78 is 10.3. The smallest absolute Gasteiger partial charge is 0.373 e. The average molecular weight is 347 g/mol. The quantitative estimate of drug-likeness (QED) is 0.346. The van der Waals surface area contributed by atoms with Crippen molar-refractivity contribution in [3.05, 3.63) is 65.4 Å². The summed E-state index contributed by atoms with van der Waals surface area (Å²) in [6, 6.07) is 15.6. The van der Waals surface area contributed by atoms with Crippen LogP contribution in [0.4, 0.5) is 5.69 Å². The van der Waals surface area contributed by atoms with Crippen molar-refractivity contribution in [1.82, 2.24) is 0 Å². The molecule has 0 bridgehead atoms. The van der Waals surface area contributed by atoms with Crippen molar-refractivity contribution >= 4 is 29.5 Å². The number of anilines is 1. The van der Waals surface area contributed by atoms with Gasteiger partial charge < -0.3 is 14.6 Å². The first-order valence-electron chi connectivity index (χ1n) is 6.89. The monoisotopic (exact) mass is 346 g/mol. The Morgan fingerprint density at radius 2 is 1.75 bits per heavy atom. The minimum absolute atomic E-state index is 0.151. The molecule has 0 atom stereocenters. The first-order valence-corrected chi connectivity index (χ1v) is 7.27. The highest BCUT2D eigenvalue weighted by Crippen LogP contribution is 2.21. The highest BCUT2D eigenvalue weighted by atomic mass is 35.5. The molecule has 0 spiro atoms. The number of para-hydroxylation sites is 1. The van der Waals surface area contributed by atoms with Crippen LogP contribution in [0, 0.1) is 0 Å². The van der Waals surface area contributed by atoms with Gasteiger partial charge in [0.05, 0.1) is 19.0 Å². The molecule has 7 heteroatoms. The Balaban J connectivity index is 2.11. The number of nitrogens with one attached hydrogen (secondary N) is 1. The summed E-state index contributed by atoms with van der Waals surface area (Å²) >= 11 is 5.98. The average Bonchev–Trinajstić information content (AvgIpc) is 2.60. The number of rotatable bonds is 7. The van der Waals surface area contributed by atoms with Gasteiger partial charge in [0, 0.05) is 0 Å². The Kier molecular flexibility index (Phi) is 6.22. The van der Waals surface area contributed by atoms with E-state index in [1.54, 1.807) is 36.4 Å². The molecule has 6 nitrogen and oxygen atoms in total. The minimum atomic E-state index is -1.30. The number of carboxylic acid groups (broad SMARTS) is 1. The highest BCUT2D eigenvalue weighted by Gasteiger charge is 2.15. The molecule has 0 amide bonds. The molecular weight excluding hydrogens is 332 g/mol. The number of benzene rings is 2. The standard InChI is InChI=1S/C17H15ClN2O4/c1-23-13-7-9-14(10-8-13)24-16(17(21)22)15(18)11-19-20-12-5-3-2-4-6-12/h2-11,20H,1H3,(H,21,22)/b16-15+,19-11-. The maximum absolute atomic E-state index is 11.3. The van der Waals surface area contributed by atoms with Gasteiger partial charge in [0.25, 0.3) is 0 Å². The largest absolute Gasteiger partial charge is 0.497 e. The number of allylic oxidation sites excluding steroid dienone is 1. The fraction of sp³-hybridized carbons (Fsp3) is 0.0588. The van der Waals surface area contributed by atoms with Crippen molar-refractivity contribution < 1.29 is 19.4 Å². The van der Waals surface area contributed by atoms with Crippen LogP contribution in [0.2, 0.25) is 0 Å². The van der Waals surface area contributed by atoms with Gasteiger partial charge >= 0.3 is 5.97 Å². The van der Waals surface area contributed by atoms with Gasteiger partial charge in [0.2, 0.25) is 5.76 Å². The molecule has 0 aliphatic heterocycles. The summed E-state index contributed by atoms with van der Waals surface area (Å²) in [5.41, 5.74) is 3.48. The molecule has 0 aromatic heterocycles. The molecule has 124 valence electrons. The molecule has 0 aliphatic rings. The fourth-order valence-corrected chi connectivity index (χ4v) is 1.86. The minimum Gasteiger partial charge on any atom is -0.497 e. The normalized spacial score (nSPS) is 11.8. The molecule has 0 saturated heterocycles. The van der Waals surface area contributed by atoms with Crippen molar-refractivity contribution in [2.45, 2.75) is 0 Å². The zero-order valence-corrected chi connectivity index (χ0v) is 13.5. The van der Waals surface area contributed by atoms with Crippen molar-refractivity contribution in [2.75, 3.05) is 12.5 Å². The molecule has 24 heavy (non-hydrogen) atoms. The lowest BCUT2D eigenvalue weighted by molar-refractivity contribution is -0.135. The van der Waals surface area contributed by atoms with Crippen LogP contribution in [0.25, 0.3) is 0 Å². The molecule has 0 fully saturated rings. The molecule has 0 unspecified atom stereocenters. The molecule has 0 heterocycles. The SMILES string of the molecule is COc1ccc(O/C(C(=O)O)=C(Cl)\C=N/Nc2ccccc2)cc1. The summed E-state index contributed by atoms with van der Waals surface area (Å²) in [6.45, 7) is 0. The Morgan fingerprint density at radius 1 is 1.12 bits per heavy atom. The molecule has 0 saturated carbocycles. The Hall–Kier alpha value is -2.99. The molecule has 2 aromatic rings. The van der Waals surface area contributed by atoms with Gasteiger partial charge in [-0.2, -0.15) is 5.10 Å². The van der Waals surface area contributed by atoms with Crippen molar-refractivity contribution in [3.8, 4) is 11.5 Å². The second-order valence-corrected chi connectivity index (χ2v) is 4.90. The van der Waals surface area contributed by atoms with E-state index in [9.17, 15) is 9.90 Å². The van der Waals surface area contributed by atoms with E-state index < -0.39 is 11.7 Å². The van der Waals surface area contributed by atoms with Crippen LogP contribution in [0.1, 0.15) is 0 Å². The van der Waals surface area contributed by atoms with E-state index in [-0.39, 0.29) is 5.03 Å². The predicted molar refractivity (Wildman–Crippen MR) is 92.7 cm³/mol. The van der Waals surface area contributed by atoms with Gasteiger partial charge in [-0.05, 0) is 36.4 Å². The number of ether oxygens (including phenoxy) is 2. The lowest BCUT2D eigenvalue weighted by atomic mass is 10.3. The van der Waals surface area contributed by atoms with Crippen LogP contribution >= 0.6 is 11.6 Å². The van der Waals surface area contributed by atoms with Crippen LogP contribution in [-0.2, 0) is 4.79 Å². The second kappa shape index (κ2) is 8.59. The first kappa shape index (κ1) is 17.4. The van der Waals surface area contributed by atoms with Crippen molar-refractivity contribution in [2.24, 2.45) is 5.10 Å². The Morgan fingerprint density at radius 3 is 2.33 bits per heavy atom. The summed E-state index contributed by atoms with van der Waals surface area (Å²) in [6.07, 6.45) is 1.17. The Labute approximate surface area is 144 Å². The predicted octanol–water partition coefficient (Wildman–Crippen LogP) is 3.71. The summed E-state index contributed by atoms with van der Waals surface area (Å²) in [5.74, 6) is -0.791. The van der Waals surface area contributed by atoms with E-state index in [0.717, 1.165) is 5.69 Å². The second-order valence-electron chi connectivity index (χ2n) is 4.50. The number of carbonyl (C=O) groups is 1. The molecular formula is C17H15ClN2O4. The topological polar surface area (TPSA) is 80.2 Å². The van der Waals surface area contributed by atoms with E-state index in [4.69, 9.17) is 21.1 Å². The van der Waals surface area contributed by atoms with Crippen LogP contribution in [0.5, 0.6) is 11.5 Å². The van der Waals surface area contributed by atoms with E-state index in [1.807, 2.05) is 18.2 Å². The third-order valence-corrected chi connectivity index (χ3v) is 3.11. The van der Waals surface area contributed by atoms with Gasteiger partial charge in [-0.25, -0.2) is 4.79 Å². The van der Waals surface area contributed by atoms with E-state index in [0.29, 0.717) is 11.5 Å². The first-order chi connectivity index (χ1) is 11.6. The van der Waals surface area contributed by atoms with Crippen molar-refractivity contribution in [3.63, 3.8) is 0 Å². The lowest BCUT2D eigenvalue weighted by Crippen LogP contribution is -2.10. The number of hydrazone groups is 1. The maximum Gasteiger partial charge on any atom is 0.373 e. The number of nitrogens with zero attached hydrogens (tertiary/aromatic N) is 1. The summed E-state index contributed by atoms with van der Waals surface area (Å²) in [5, 5.41) is 13.0. The third kappa shape index (κ3) is 5.03. The van der Waals surface area contributed by atoms with Crippen LogP contribution in [0.15, 0.2) is 70.5 Å². The highest BCUT2D eigenvalue weighted by molar-refractivity contribution is 6.41. The molecule has 2 rings (SSSR count). The number of methoxy groups -OCH3 is 1. The number of hydrogen-bond acceptors (Lipinski definition) is 5. The molecule has 2 N–H and O–H groups in total.